The monoisotopic (exact) mass is 266 g/mol. The molecule has 0 aliphatic rings. The minimum atomic E-state index is 1.34. The largest absolute Gasteiger partial charge is 0.0683 e. The van der Waals surface area contributed by atoms with E-state index in [0.717, 1.165) is 0 Å². The van der Waals surface area contributed by atoms with Gasteiger partial charge in [0.2, 0.25) is 0 Å². The van der Waals surface area contributed by atoms with Crippen molar-refractivity contribution in [2.75, 3.05) is 0 Å². The maximum absolute atomic E-state index is 2.21. The zero-order valence-corrected chi connectivity index (χ0v) is 13.6. The predicted octanol–water partition coefficient (Wildman–Crippen LogP) is 6.66. The molecule has 0 spiro atoms. The van der Waals surface area contributed by atoms with Crippen molar-refractivity contribution in [1.29, 1.82) is 0 Å². The summed E-state index contributed by atoms with van der Waals surface area (Å²) in [7, 11) is 0. The molecular formula is C20H26. The van der Waals surface area contributed by atoms with Crippen molar-refractivity contribution in [1.82, 2.24) is 0 Å². The number of aryl methyl sites for hydroxylation is 2. The molecule has 3 aromatic carbocycles. The Kier molecular flexibility index (Phi) is 6.24. The summed E-state index contributed by atoms with van der Waals surface area (Å²) in [6.07, 6.45) is 0. The molecule has 0 heterocycles. The van der Waals surface area contributed by atoms with Crippen LogP contribution < -0.4 is 0 Å². The molecule has 0 nitrogen and oxygen atoms in total. The fourth-order valence-corrected chi connectivity index (χ4v) is 2.52. The molecule has 3 rings (SSSR count). The van der Waals surface area contributed by atoms with Crippen LogP contribution in [0.2, 0.25) is 0 Å². The SMILES string of the molecule is CC.CC.Cc1cccc2ccc3cccc(C)c3c12. The molecule has 0 unspecified atom stereocenters. The number of rotatable bonds is 0. The molecule has 0 aliphatic carbocycles. The molecule has 0 bridgehead atoms. The van der Waals surface area contributed by atoms with E-state index in [1.165, 1.54) is 32.7 Å². The van der Waals surface area contributed by atoms with Gasteiger partial charge in [0.1, 0.15) is 0 Å². The van der Waals surface area contributed by atoms with Crippen LogP contribution in [0.3, 0.4) is 0 Å². The van der Waals surface area contributed by atoms with E-state index in [1.54, 1.807) is 0 Å². The maximum Gasteiger partial charge on any atom is -0.00735 e. The van der Waals surface area contributed by atoms with Gasteiger partial charge in [0, 0.05) is 0 Å². The Bertz CT molecular complexity index is 617. The van der Waals surface area contributed by atoms with Crippen LogP contribution in [0.4, 0.5) is 0 Å². The van der Waals surface area contributed by atoms with Crippen LogP contribution in [0.5, 0.6) is 0 Å². The van der Waals surface area contributed by atoms with Crippen LogP contribution in [-0.4, -0.2) is 0 Å². The van der Waals surface area contributed by atoms with E-state index >= 15 is 0 Å². The summed E-state index contributed by atoms with van der Waals surface area (Å²) in [5, 5.41) is 5.47. The van der Waals surface area contributed by atoms with Crippen LogP contribution in [0, 0.1) is 13.8 Å². The highest BCUT2D eigenvalue weighted by molar-refractivity contribution is 6.10. The molecule has 106 valence electrons. The van der Waals surface area contributed by atoms with E-state index in [9.17, 15) is 0 Å². The standard InChI is InChI=1S/C16H14.2C2H6/c1-11-5-3-7-13-9-10-14-8-4-6-12(2)16(14)15(11)13;2*1-2/h3-10H,1-2H3;2*1-2H3. The molecule has 0 atom stereocenters. The van der Waals surface area contributed by atoms with Gasteiger partial charge in [-0.3, -0.25) is 0 Å². The van der Waals surface area contributed by atoms with Gasteiger partial charge in [-0.15, -0.1) is 0 Å². The Labute approximate surface area is 123 Å². The first-order valence-corrected chi connectivity index (χ1v) is 7.65. The molecule has 0 aromatic heterocycles. The fraction of sp³-hybridized carbons (Fsp3) is 0.300. The zero-order valence-electron chi connectivity index (χ0n) is 13.6. The molecule has 0 heteroatoms. The smallest absolute Gasteiger partial charge is 0.00735 e. The topological polar surface area (TPSA) is 0 Å². The molecule has 20 heavy (non-hydrogen) atoms. The van der Waals surface area contributed by atoms with Crippen molar-refractivity contribution in [2.45, 2.75) is 41.5 Å². The van der Waals surface area contributed by atoms with E-state index in [2.05, 4.69) is 62.4 Å². The third-order valence-electron chi connectivity index (χ3n) is 3.30. The van der Waals surface area contributed by atoms with Crippen LogP contribution in [0.15, 0.2) is 48.5 Å². The lowest BCUT2D eigenvalue weighted by atomic mass is 9.95. The van der Waals surface area contributed by atoms with E-state index in [4.69, 9.17) is 0 Å². The molecule has 0 amide bonds. The van der Waals surface area contributed by atoms with E-state index in [-0.39, 0.29) is 0 Å². The van der Waals surface area contributed by atoms with Gasteiger partial charge in [-0.05, 0) is 46.5 Å². The summed E-state index contributed by atoms with van der Waals surface area (Å²) in [4.78, 5) is 0. The average Bonchev–Trinajstić information content (AvgIpc) is 2.51. The third kappa shape index (κ3) is 3.01. The van der Waals surface area contributed by atoms with Crippen molar-refractivity contribution in [3.05, 3.63) is 59.7 Å². The Morgan fingerprint density at radius 1 is 0.500 bits per heavy atom. The van der Waals surface area contributed by atoms with Gasteiger partial charge in [0.25, 0.3) is 0 Å². The number of hydrogen-bond acceptors (Lipinski definition) is 0. The van der Waals surface area contributed by atoms with Crippen LogP contribution >= 0.6 is 0 Å². The molecule has 0 radical (unpaired) electrons. The van der Waals surface area contributed by atoms with Crippen molar-refractivity contribution < 1.29 is 0 Å². The predicted molar refractivity (Wildman–Crippen MR) is 93.6 cm³/mol. The summed E-state index contributed by atoms with van der Waals surface area (Å²) in [6.45, 7) is 12.4. The van der Waals surface area contributed by atoms with Gasteiger partial charge in [0.15, 0.2) is 0 Å². The van der Waals surface area contributed by atoms with E-state index in [0.29, 0.717) is 0 Å². The summed E-state index contributed by atoms with van der Waals surface area (Å²) in [5.41, 5.74) is 2.72. The molecule has 0 fully saturated rings. The second-order valence-electron chi connectivity index (χ2n) is 4.41. The summed E-state index contributed by atoms with van der Waals surface area (Å²) in [5.74, 6) is 0. The molecule has 3 aromatic rings. The number of benzene rings is 3. The Balaban J connectivity index is 0.000000461. The van der Waals surface area contributed by atoms with E-state index < -0.39 is 0 Å². The van der Waals surface area contributed by atoms with Gasteiger partial charge in [-0.2, -0.15) is 0 Å². The lowest BCUT2D eigenvalue weighted by Crippen LogP contribution is -1.84. The molecule has 0 aliphatic heterocycles. The van der Waals surface area contributed by atoms with Gasteiger partial charge in [0.05, 0.1) is 0 Å². The lowest BCUT2D eigenvalue weighted by molar-refractivity contribution is 1.50. The van der Waals surface area contributed by atoms with E-state index in [1.807, 2.05) is 27.7 Å². The molecule has 0 saturated carbocycles. The van der Waals surface area contributed by atoms with Crippen molar-refractivity contribution in [2.24, 2.45) is 0 Å². The first kappa shape index (κ1) is 16.2. The van der Waals surface area contributed by atoms with Gasteiger partial charge in [-0.1, -0.05) is 76.2 Å². The summed E-state index contributed by atoms with van der Waals surface area (Å²) >= 11 is 0. The van der Waals surface area contributed by atoms with Gasteiger partial charge >= 0.3 is 0 Å². The quantitative estimate of drug-likeness (QED) is 0.399. The first-order valence-electron chi connectivity index (χ1n) is 7.65. The van der Waals surface area contributed by atoms with Gasteiger partial charge in [-0.25, -0.2) is 0 Å². The zero-order chi connectivity index (χ0) is 15.1. The minimum absolute atomic E-state index is 1.34. The van der Waals surface area contributed by atoms with Crippen molar-refractivity contribution in [3.63, 3.8) is 0 Å². The highest BCUT2D eigenvalue weighted by Gasteiger charge is 2.04. The lowest BCUT2D eigenvalue weighted by Gasteiger charge is -2.09. The average molecular weight is 266 g/mol. The highest BCUT2D eigenvalue weighted by atomic mass is 14.1. The maximum atomic E-state index is 2.21. The Hall–Kier alpha value is -1.82. The molecular weight excluding hydrogens is 240 g/mol. The first-order chi connectivity index (χ1) is 9.77. The fourth-order valence-electron chi connectivity index (χ4n) is 2.52. The molecule has 0 saturated heterocycles. The summed E-state index contributed by atoms with van der Waals surface area (Å²) < 4.78 is 0. The Morgan fingerprint density at radius 3 is 1.20 bits per heavy atom. The third-order valence-corrected chi connectivity index (χ3v) is 3.30. The summed E-state index contributed by atoms with van der Waals surface area (Å²) in [6, 6.07) is 17.4. The normalized spacial score (nSPS) is 9.50. The van der Waals surface area contributed by atoms with Crippen molar-refractivity contribution in [3.8, 4) is 0 Å². The van der Waals surface area contributed by atoms with Crippen LogP contribution in [-0.2, 0) is 0 Å². The highest BCUT2D eigenvalue weighted by Crippen LogP contribution is 2.30. The van der Waals surface area contributed by atoms with Gasteiger partial charge < -0.3 is 0 Å². The number of hydrogen-bond donors (Lipinski definition) is 0. The van der Waals surface area contributed by atoms with Crippen molar-refractivity contribution >= 4 is 21.5 Å². The van der Waals surface area contributed by atoms with Crippen LogP contribution in [0.1, 0.15) is 38.8 Å². The molecule has 0 N–H and O–H groups in total. The Morgan fingerprint density at radius 2 is 0.850 bits per heavy atom. The number of fused-ring (bicyclic) bond motifs is 3. The van der Waals surface area contributed by atoms with Crippen LogP contribution in [0.25, 0.3) is 21.5 Å². The second-order valence-corrected chi connectivity index (χ2v) is 4.41. The second kappa shape index (κ2) is 7.69. The minimum Gasteiger partial charge on any atom is -0.0683 e.